The first-order chi connectivity index (χ1) is 12.5. The number of halogens is 1. The molecule has 0 radical (unpaired) electrons. The van der Waals surface area contributed by atoms with E-state index >= 15 is 0 Å². The highest BCUT2D eigenvalue weighted by Crippen LogP contribution is 2.41. The number of aryl methyl sites for hydroxylation is 1. The summed E-state index contributed by atoms with van der Waals surface area (Å²) in [5, 5.41) is 11.6. The number of fused-ring (bicyclic) bond motifs is 1. The average molecular weight is 375 g/mol. The van der Waals surface area contributed by atoms with Gasteiger partial charge in [0.05, 0.1) is 24.7 Å². The minimum absolute atomic E-state index is 0.00170. The van der Waals surface area contributed by atoms with Crippen molar-refractivity contribution in [2.75, 3.05) is 14.2 Å². The van der Waals surface area contributed by atoms with Crippen LogP contribution in [0.5, 0.6) is 23.0 Å². The molecule has 0 N–H and O–H groups in total. The zero-order chi connectivity index (χ0) is 18.8. The fourth-order valence-electron chi connectivity index (χ4n) is 2.75. The molecule has 2 aromatic carbocycles. The van der Waals surface area contributed by atoms with Crippen LogP contribution < -0.4 is 14.2 Å². The van der Waals surface area contributed by atoms with E-state index in [2.05, 4.69) is 4.98 Å². The fourth-order valence-corrected chi connectivity index (χ4v) is 2.99. The van der Waals surface area contributed by atoms with Gasteiger partial charge in [0.25, 0.3) is 5.69 Å². The van der Waals surface area contributed by atoms with Crippen LogP contribution >= 0.6 is 11.6 Å². The number of hydrogen-bond donors (Lipinski definition) is 0. The Morgan fingerprint density at radius 1 is 1.12 bits per heavy atom. The molecule has 0 unspecified atom stereocenters. The normalized spacial score (nSPS) is 10.6. The Balaban J connectivity index is 2.11. The molecule has 1 aromatic heterocycles. The smallest absolute Gasteiger partial charge is 0.288 e. The Kier molecular flexibility index (Phi) is 4.81. The summed E-state index contributed by atoms with van der Waals surface area (Å²) in [6.07, 6.45) is 1.61. The zero-order valence-corrected chi connectivity index (χ0v) is 15.0. The number of methoxy groups -OCH3 is 2. The number of aromatic nitrogens is 1. The van der Waals surface area contributed by atoms with Crippen molar-refractivity contribution >= 4 is 28.2 Å². The van der Waals surface area contributed by atoms with Crippen LogP contribution in [0.25, 0.3) is 10.9 Å². The molecule has 0 aliphatic heterocycles. The molecule has 0 spiro atoms. The molecular weight excluding hydrogens is 360 g/mol. The van der Waals surface area contributed by atoms with Gasteiger partial charge in [-0.2, -0.15) is 0 Å². The molecule has 8 heteroatoms. The van der Waals surface area contributed by atoms with Gasteiger partial charge in [0.1, 0.15) is 16.5 Å². The van der Waals surface area contributed by atoms with E-state index in [9.17, 15) is 10.1 Å². The molecule has 3 rings (SSSR count). The second kappa shape index (κ2) is 7.05. The van der Waals surface area contributed by atoms with Crippen LogP contribution in [0, 0.1) is 17.0 Å². The third kappa shape index (κ3) is 3.09. The topological polar surface area (TPSA) is 83.7 Å². The van der Waals surface area contributed by atoms with E-state index in [0.717, 1.165) is 10.9 Å². The average Bonchev–Trinajstić information content (AvgIpc) is 2.61. The molecule has 1 heterocycles. The lowest BCUT2D eigenvalue weighted by atomic mass is 10.1. The molecule has 0 saturated carbocycles. The van der Waals surface area contributed by atoms with Crippen molar-refractivity contribution in [1.82, 2.24) is 4.98 Å². The van der Waals surface area contributed by atoms with E-state index in [1.165, 1.54) is 18.2 Å². The van der Waals surface area contributed by atoms with Gasteiger partial charge in [-0.3, -0.25) is 15.1 Å². The summed E-state index contributed by atoms with van der Waals surface area (Å²) in [6, 6.07) is 7.67. The predicted octanol–water partition coefficient (Wildman–Crippen LogP) is 4.91. The summed E-state index contributed by atoms with van der Waals surface area (Å²) in [5.74, 6) is 2.06. The molecule has 0 atom stereocenters. The van der Waals surface area contributed by atoms with Crippen molar-refractivity contribution in [3.05, 3.63) is 57.2 Å². The lowest BCUT2D eigenvalue weighted by molar-refractivity contribution is -0.384. The van der Waals surface area contributed by atoms with Crippen molar-refractivity contribution in [1.29, 1.82) is 0 Å². The van der Waals surface area contributed by atoms with Gasteiger partial charge in [-0.1, -0.05) is 11.6 Å². The maximum atomic E-state index is 10.9. The largest absolute Gasteiger partial charge is 0.493 e. The molecule has 3 aromatic rings. The Morgan fingerprint density at radius 2 is 1.88 bits per heavy atom. The maximum Gasteiger partial charge on any atom is 0.288 e. The molecule has 134 valence electrons. The van der Waals surface area contributed by atoms with Crippen LogP contribution in [0.15, 0.2) is 36.5 Å². The Labute approximate surface area is 154 Å². The molecular formula is C18H15ClN2O5. The Morgan fingerprint density at radius 3 is 2.50 bits per heavy atom. The van der Waals surface area contributed by atoms with Crippen LogP contribution in [0.4, 0.5) is 5.69 Å². The van der Waals surface area contributed by atoms with Gasteiger partial charge in [-0.25, -0.2) is 0 Å². The highest BCUT2D eigenvalue weighted by atomic mass is 35.5. The summed E-state index contributed by atoms with van der Waals surface area (Å²) in [4.78, 5) is 14.7. The molecule has 0 aliphatic rings. The van der Waals surface area contributed by atoms with Crippen molar-refractivity contribution in [3.63, 3.8) is 0 Å². The Bertz CT molecular complexity index is 1010. The number of benzene rings is 2. The third-order valence-corrected chi connectivity index (χ3v) is 4.22. The highest BCUT2D eigenvalue weighted by molar-refractivity contribution is 6.32. The minimum Gasteiger partial charge on any atom is -0.493 e. The molecule has 7 nitrogen and oxygen atoms in total. The molecule has 0 bridgehead atoms. The van der Waals surface area contributed by atoms with E-state index in [1.807, 2.05) is 6.92 Å². The number of nitrogens with zero attached hydrogens (tertiary/aromatic N) is 2. The first-order valence-electron chi connectivity index (χ1n) is 7.58. The summed E-state index contributed by atoms with van der Waals surface area (Å²) in [6.45, 7) is 1.88. The van der Waals surface area contributed by atoms with Crippen molar-refractivity contribution in [2.45, 2.75) is 6.92 Å². The van der Waals surface area contributed by atoms with Gasteiger partial charge in [-0.15, -0.1) is 0 Å². The van der Waals surface area contributed by atoms with Crippen LogP contribution in [-0.4, -0.2) is 24.1 Å². The molecule has 0 aliphatic carbocycles. The predicted molar refractivity (Wildman–Crippen MR) is 97.8 cm³/mol. The maximum absolute atomic E-state index is 10.9. The lowest BCUT2D eigenvalue weighted by Gasteiger charge is -2.15. The summed E-state index contributed by atoms with van der Waals surface area (Å²) in [7, 11) is 3.12. The Hall–Kier alpha value is -3.06. The van der Waals surface area contributed by atoms with Crippen LogP contribution in [-0.2, 0) is 0 Å². The number of nitro benzene ring substituents is 1. The summed E-state index contributed by atoms with van der Waals surface area (Å²) < 4.78 is 16.7. The second-order valence-electron chi connectivity index (χ2n) is 5.41. The number of rotatable bonds is 5. The molecule has 26 heavy (non-hydrogen) atoms. The molecule has 0 saturated heterocycles. The molecule has 0 fully saturated rings. The van der Waals surface area contributed by atoms with Crippen LogP contribution in [0.3, 0.4) is 0 Å². The molecule has 0 amide bonds. The highest BCUT2D eigenvalue weighted by Gasteiger charge is 2.17. The first kappa shape index (κ1) is 17.8. The van der Waals surface area contributed by atoms with Crippen molar-refractivity contribution in [3.8, 4) is 23.0 Å². The number of pyridine rings is 1. The number of nitro groups is 1. The van der Waals surface area contributed by atoms with Crippen LogP contribution in [0.1, 0.15) is 5.56 Å². The second-order valence-corrected chi connectivity index (χ2v) is 5.82. The SMILES string of the molecule is COc1cc2nccc(Oc3ccc([N+](=O)[O-])c(Cl)c3)c2c(C)c1OC. The van der Waals surface area contributed by atoms with Crippen molar-refractivity contribution < 1.29 is 19.1 Å². The fraction of sp³-hybridized carbons (Fsp3) is 0.167. The first-order valence-corrected chi connectivity index (χ1v) is 7.96. The monoisotopic (exact) mass is 374 g/mol. The van der Waals surface area contributed by atoms with E-state index in [-0.39, 0.29) is 10.7 Å². The van der Waals surface area contributed by atoms with E-state index in [1.54, 1.807) is 32.5 Å². The van der Waals surface area contributed by atoms with Gasteiger partial charge in [0, 0.05) is 35.3 Å². The van der Waals surface area contributed by atoms with Crippen molar-refractivity contribution in [2.24, 2.45) is 0 Å². The zero-order valence-electron chi connectivity index (χ0n) is 14.3. The summed E-state index contributed by atoms with van der Waals surface area (Å²) in [5.41, 5.74) is 1.30. The van der Waals surface area contributed by atoms with E-state index in [4.69, 9.17) is 25.8 Å². The van der Waals surface area contributed by atoms with Gasteiger partial charge in [0.2, 0.25) is 0 Å². The van der Waals surface area contributed by atoms with Gasteiger partial charge < -0.3 is 14.2 Å². The third-order valence-electron chi connectivity index (χ3n) is 3.92. The van der Waals surface area contributed by atoms with E-state index < -0.39 is 4.92 Å². The van der Waals surface area contributed by atoms with Crippen LogP contribution in [0.2, 0.25) is 5.02 Å². The quantitative estimate of drug-likeness (QED) is 0.465. The number of hydrogen-bond acceptors (Lipinski definition) is 6. The summed E-state index contributed by atoms with van der Waals surface area (Å²) >= 11 is 5.96. The van der Waals surface area contributed by atoms with E-state index in [0.29, 0.717) is 28.5 Å². The lowest BCUT2D eigenvalue weighted by Crippen LogP contribution is -1.97. The minimum atomic E-state index is -0.546. The standard InChI is InChI=1S/C18H15ClN2O5/c1-10-17-13(9-16(24-2)18(10)25-3)20-7-6-15(17)26-11-4-5-14(21(22)23)12(19)8-11/h4-9H,1-3H3. The number of ether oxygens (including phenoxy) is 3. The van der Waals surface area contributed by atoms with Gasteiger partial charge in [0.15, 0.2) is 11.5 Å². The van der Waals surface area contributed by atoms with Gasteiger partial charge in [-0.05, 0) is 19.1 Å². The van der Waals surface area contributed by atoms with Gasteiger partial charge >= 0.3 is 0 Å².